The SMILES string of the molecule is CCCCCCCCC(CC)C(C)(O)O. The molecular weight excluding hydrogens is 188 g/mol. The van der Waals surface area contributed by atoms with Crippen molar-refractivity contribution in [3.63, 3.8) is 0 Å². The van der Waals surface area contributed by atoms with E-state index in [-0.39, 0.29) is 5.92 Å². The second kappa shape index (κ2) is 8.12. The van der Waals surface area contributed by atoms with Gasteiger partial charge in [0.15, 0.2) is 5.79 Å². The first-order valence-electron chi connectivity index (χ1n) is 6.47. The third kappa shape index (κ3) is 7.80. The number of rotatable bonds is 9. The van der Waals surface area contributed by atoms with E-state index in [1.807, 2.05) is 6.92 Å². The lowest BCUT2D eigenvalue weighted by Crippen LogP contribution is -2.33. The van der Waals surface area contributed by atoms with E-state index in [9.17, 15) is 10.2 Å². The molecule has 15 heavy (non-hydrogen) atoms. The zero-order valence-electron chi connectivity index (χ0n) is 10.6. The fraction of sp³-hybridized carbons (Fsp3) is 1.00. The Hall–Kier alpha value is -0.0800. The summed E-state index contributed by atoms with van der Waals surface area (Å²) in [5.74, 6) is -1.46. The van der Waals surface area contributed by atoms with Crippen LogP contribution in [0.15, 0.2) is 0 Å². The number of hydrogen-bond donors (Lipinski definition) is 2. The normalized spacial score (nSPS) is 14.2. The first kappa shape index (κ1) is 14.9. The van der Waals surface area contributed by atoms with Gasteiger partial charge in [-0.15, -0.1) is 0 Å². The minimum Gasteiger partial charge on any atom is -0.366 e. The van der Waals surface area contributed by atoms with Crippen LogP contribution in [0.3, 0.4) is 0 Å². The molecule has 0 saturated heterocycles. The summed E-state index contributed by atoms with van der Waals surface area (Å²) in [7, 11) is 0. The molecule has 2 N–H and O–H groups in total. The van der Waals surface area contributed by atoms with Gasteiger partial charge < -0.3 is 10.2 Å². The Morgan fingerprint density at radius 1 is 0.933 bits per heavy atom. The molecule has 2 heteroatoms. The molecule has 0 fully saturated rings. The molecule has 0 amide bonds. The molecule has 1 atom stereocenters. The van der Waals surface area contributed by atoms with E-state index in [2.05, 4.69) is 6.92 Å². The standard InChI is InChI=1S/C13H28O2/c1-4-6-7-8-9-10-11-12(5-2)13(3,14)15/h12,14-15H,4-11H2,1-3H3. The third-order valence-electron chi connectivity index (χ3n) is 3.17. The van der Waals surface area contributed by atoms with Gasteiger partial charge in [-0.05, 0) is 19.8 Å². The van der Waals surface area contributed by atoms with Gasteiger partial charge >= 0.3 is 0 Å². The summed E-state index contributed by atoms with van der Waals surface area (Å²) in [6.07, 6.45) is 9.36. The largest absolute Gasteiger partial charge is 0.366 e. The molecule has 0 aromatic heterocycles. The Balaban J connectivity index is 3.48. The van der Waals surface area contributed by atoms with Gasteiger partial charge in [0.1, 0.15) is 0 Å². The molecule has 1 unspecified atom stereocenters. The monoisotopic (exact) mass is 216 g/mol. The molecule has 0 bridgehead atoms. The molecule has 92 valence electrons. The van der Waals surface area contributed by atoms with Gasteiger partial charge in [0.2, 0.25) is 0 Å². The second-order valence-corrected chi connectivity index (χ2v) is 4.76. The predicted molar refractivity (Wildman–Crippen MR) is 64.6 cm³/mol. The highest BCUT2D eigenvalue weighted by molar-refractivity contribution is 4.69. The van der Waals surface area contributed by atoms with Gasteiger partial charge in [0.05, 0.1) is 0 Å². The molecule has 0 rings (SSSR count). The topological polar surface area (TPSA) is 40.5 Å². The van der Waals surface area contributed by atoms with Crippen LogP contribution in [0.2, 0.25) is 0 Å². The van der Waals surface area contributed by atoms with E-state index >= 15 is 0 Å². The third-order valence-corrected chi connectivity index (χ3v) is 3.17. The Morgan fingerprint density at radius 3 is 1.93 bits per heavy atom. The minimum atomic E-state index is -1.49. The van der Waals surface area contributed by atoms with Gasteiger partial charge in [-0.2, -0.15) is 0 Å². The molecule has 0 heterocycles. The van der Waals surface area contributed by atoms with Crippen LogP contribution in [0.1, 0.15) is 72.1 Å². The molecule has 0 aliphatic carbocycles. The van der Waals surface area contributed by atoms with Crippen molar-refractivity contribution in [2.75, 3.05) is 0 Å². The zero-order valence-corrected chi connectivity index (χ0v) is 10.6. The van der Waals surface area contributed by atoms with Gasteiger partial charge in [0.25, 0.3) is 0 Å². The first-order chi connectivity index (χ1) is 7.02. The molecule has 0 saturated carbocycles. The molecular formula is C13H28O2. The molecule has 0 aliphatic heterocycles. The predicted octanol–water partition coefficient (Wildman–Crippen LogP) is 3.46. The average Bonchev–Trinajstić information content (AvgIpc) is 2.15. The Kier molecular flexibility index (Phi) is 8.07. The van der Waals surface area contributed by atoms with Gasteiger partial charge in [0, 0.05) is 5.92 Å². The van der Waals surface area contributed by atoms with Crippen LogP contribution >= 0.6 is 0 Å². The number of unbranched alkanes of at least 4 members (excludes halogenated alkanes) is 5. The molecule has 0 aromatic carbocycles. The van der Waals surface area contributed by atoms with E-state index in [0.717, 1.165) is 19.3 Å². The van der Waals surface area contributed by atoms with Crippen LogP contribution in [0.25, 0.3) is 0 Å². The van der Waals surface area contributed by atoms with Crippen LogP contribution in [-0.2, 0) is 0 Å². The zero-order chi connectivity index (χ0) is 11.7. The molecule has 0 radical (unpaired) electrons. The molecule has 0 aliphatic rings. The maximum absolute atomic E-state index is 9.47. The van der Waals surface area contributed by atoms with E-state index < -0.39 is 5.79 Å². The maximum atomic E-state index is 9.47. The van der Waals surface area contributed by atoms with Gasteiger partial charge in [-0.25, -0.2) is 0 Å². The van der Waals surface area contributed by atoms with E-state index in [1.54, 1.807) is 0 Å². The summed E-state index contributed by atoms with van der Waals surface area (Å²) in [5.41, 5.74) is 0. The summed E-state index contributed by atoms with van der Waals surface area (Å²) in [5, 5.41) is 18.9. The van der Waals surface area contributed by atoms with Crippen molar-refractivity contribution in [2.24, 2.45) is 5.92 Å². The van der Waals surface area contributed by atoms with Crippen LogP contribution < -0.4 is 0 Å². The van der Waals surface area contributed by atoms with E-state index in [0.29, 0.717) is 0 Å². The second-order valence-electron chi connectivity index (χ2n) is 4.76. The summed E-state index contributed by atoms with van der Waals surface area (Å²) in [6.45, 7) is 5.74. The lowest BCUT2D eigenvalue weighted by molar-refractivity contribution is -0.187. The quantitative estimate of drug-likeness (QED) is 0.458. The fourth-order valence-electron chi connectivity index (χ4n) is 2.04. The average molecular weight is 216 g/mol. The first-order valence-corrected chi connectivity index (χ1v) is 6.47. The number of hydrogen-bond acceptors (Lipinski definition) is 2. The lowest BCUT2D eigenvalue weighted by Gasteiger charge is -2.26. The van der Waals surface area contributed by atoms with Crippen LogP contribution in [-0.4, -0.2) is 16.0 Å². The highest BCUT2D eigenvalue weighted by Crippen LogP contribution is 2.24. The maximum Gasteiger partial charge on any atom is 0.162 e. The van der Waals surface area contributed by atoms with E-state index in [1.165, 1.54) is 39.0 Å². The molecule has 2 nitrogen and oxygen atoms in total. The highest BCUT2D eigenvalue weighted by atomic mass is 16.5. The van der Waals surface area contributed by atoms with Crippen molar-refractivity contribution in [2.45, 2.75) is 77.9 Å². The molecule has 0 aromatic rings. The van der Waals surface area contributed by atoms with Crippen LogP contribution in [0, 0.1) is 5.92 Å². The summed E-state index contributed by atoms with van der Waals surface area (Å²) in [4.78, 5) is 0. The number of aliphatic hydroxyl groups is 2. The van der Waals surface area contributed by atoms with Gasteiger partial charge in [-0.3, -0.25) is 0 Å². The summed E-state index contributed by atoms with van der Waals surface area (Å²) >= 11 is 0. The Labute approximate surface area is 94.7 Å². The van der Waals surface area contributed by atoms with Crippen LogP contribution in [0.4, 0.5) is 0 Å². The van der Waals surface area contributed by atoms with Crippen molar-refractivity contribution in [3.8, 4) is 0 Å². The molecule has 0 spiro atoms. The highest BCUT2D eigenvalue weighted by Gasteiger charge is 2.26. The van der Waals surface area contributed by atoms with Crippen molar-refractivity contribution in [1.82, 2.24) is 0 Å². The summed E-state index contributed by atoms with van der Waals surface area (Å²) in [6, 6.07) is 0. The van der Waals surface area contributed by atoms with Crippen molar-refractivity contribution < 1.29 is 10.2 Å². The Morgan fingerprint density at radius 2 is 1.47 bits per heavy atom. The lowest BCUT2D eigenvalue weighted by atomic mass is 9.91. The van der Waals surface area contributed by atoms with E-state index in [4.69, 9.17) is 0 Å². The fourth-order valence-corrected chi connectivity index (χ4v) is 2.04. The minimum absolute atomic E-state index is 0.0312. The Bertz CT molecular complexity index is 138. The van der Waals surface area contributed by atoms with Gasteiger partial charge in [-0.1, -0.05) is 52.4 Å². The van der Waals surface area contributed by atoms with Crippen molar-refractivity contribution >= 4 is 0 Å². The van der Waals surface area contributed by atoms with Crippen LogP contribution in [0.5, 0.6) is 0 Å². The smallest absolute Gasteiger partial charge is 0.162 e. The summed E-state index contributed by atoms with van der Waals surface area (Å²) < 4.78 is 0. The van der Waals surface area contributed by atoms with Crippen molar-refractivity contribution in [1.29, 1.82) is 0 Å². The van der Waals surface area contributed by atoms with Crippen molar-refractivity contribution in [3.05, 3.63) is 0 Å².